The lowest BCUT2D eigenvalue weighted by atomic mass is 10.2. The maximum atomic E-state index is 13.0. The molecule has 0 fully saturated rings. The van der Waals surface area contributed by atoms with Crippen molar-refractivity contribution in [2.75, 3.05) is 19.7 Å². The molecule has 8 heteroatoms. The van der Waals surface area contributed by atoms with Crippen LogP contribution in [0.3, 0.4) is 0 Å². The van der Waals surface area contributed by atoms with Gasteiger partial charge in [0.25, 0.3) is 5.92 Å². The van der Waals surface area contributed by atoms with Crippen LogP contribution in [0.5, 0.6) is 5.75 Å². The predicted molar refractivity (Wildman–Crippen MR) is 76.0 cm³/mol. The normalized spacial score (nSPS) is 12.7. The van der Waals surface area contributed by atoms with Crippen LogP contribution < -0.4 is 15.2 Å². The van der Waals surface area contributed by atoms with Crippen LogP contribution in [0.25, 0.3) is 0 Å². The van der Waals surface area contributed by atoms with E-state index >= 15 is 0 Å². The van der Waals surface area contributed by atoms with E-state index in [0.29, 0.717) is 18.3 Å². The van der Waals surface area contributed by atoms with Gasteiger partial charge in [-0.1, -0.05) is 13.8 Å². The number of hydrogen-bond donors (Lipinski definition) is 2. The van der Waals surface area contributed by atoms with Crippen molar-refractivity contribution in [3.05, 3.63) is 24.3 Å². The zero-order valence-corrected chi connectivity index (χ0v) is 12.8. The van der Waals surface area contributed by atoms with Gasteiger partial charge >= 0.3 is 0 Å². The zero-order chi connectivity index (χ0) is 16.1. The maximum Gasteiger partial charge on any atom is 0.273 e. The number of rotatable bonds is 8. The molecule has 0 aliphatic heterocycles. The molecule has 1 aromatic carbocycles. The van der Waals surface area contributed by atoms with E-state index in [1.54, 1.807) is 0 Å². The van der Waals surface area contributed by atoms with Crippen molar-refractivity contribution in [2.45, 2.75) is 24.7 Å². The smallest absolute Gasteiger partial charge is 0.273 e. The van der Waals surface area contributed by atoms with E-state index in [1.807, 2.05) is 18.6 Å². The van der Waals surface area contributed by atoms with Crippen LogP contribution in [-0.4, -0.2) is 34.0 Å². The largest absolute Gasteiger partial charge is 0.493 e. The molecule has 0 aromatic heterocycles. The number of halogens is 2. The van der Waals surface area contributed by atoms with Gasteiger partial charge in [0.15, 0.2) is 0 Å². The summed E-state index contributed by atoms with van der Waals surface area (Å²) in [6, 6.07) is 5.58. The first kappa shape index (κ1) is 17.8. The number of ether oxygens (including phenoxy) is 1. The minimum absolute atomic E-state index is 0.104. The Morgan fingerprint density at radius 2 is 1.86 bits per heavy atom. The van der Waals surface area contributed by atoms with Crippen molar-refractivity contribution in [1.82, 2.24) is 4.72 Å². The molecule has 1 rings (SSSR count). The molecule has 21 heavy (non-hydrogen) atoms. The minimum atomic E-state index is -3.99. The molecule has 0 heterocycles. The van der Waals surface area contributed by atoms with Crippen LogP contribution >= 0.6 is 0 Å². The SMILES string of the molecule is CC(C)COc1ccc(S(=O)(=O)NCC(F)(F)CN)cc1. The molecular formula is C13H20F2N2O3S. The van der Waals surface area contributed by atoms with Crippen molar-refractivity contribution in [3.63, 3.8) is 0 Å². The van der Waals surface area contributed by atoms with Gasteiger partial charge in [-0.05, 0) is 30.2 Å². The fourth-order valence-electron chi connectivity index (χ4n) is 1.33. The van der Waals surface area contributed by atoms with E-state index in [2.05, 4.69) is 0 Å². The topological polar surface area (TPSA) is 81.4 Å². The molecule has 120 valence electrons. The monoisotopic (exact) mass is 322 g/mol. The molecule has 0 atom stereocenters. The number of nitrogens with one attached hydrogen (secondary N) is 1. The van der Waals surface area contributed by atoms with Crippen LogP contribution in [0, 0.1) is 5.92 Å². The van der Waals surface area contributed by atoms with Gasteiger partial charge in [-0.15, -0.1) is 0 Å². The molecule has 0 amide bonds. The third kappa shape index (κ3) is 5.94. The van der Waals surface area contributed by atoms with Gasteiger partial charge in [0, 0.05) is 0 Å². The fourth-order valence-corrected chi connectivity index (χ4v) is 2.40. The Morgan fingerprint density at radius 3 is 2.33 bits per heavy atom. The highest BCUT2D eigenvalue weighted by molar-refractivity contribution is 7.89. The van der Waals surface area contributed by atoms with Gasteiger partial charge in [0.2, 0.25) is 10.0 Å². The Hall–Kier alpha value is -1.25. The highest BCUT2D eigenvalue weighted by Gasteiger charge is 2.29. The maximum absolute atomic E-state index is 13.0. The average Bonchev–Trinajstić information content (AvgIpc) is 2.44. The summed E-state index contributed by atoms with van der Waals surface area (Å²) in [5.41, 5.74) is 4.85. The lowest BCUT2D eigenvalue weighted by molar-refractivity contribution is 0.0170. The molecule has 0 radical (unpaired) electrons. The molecule has 3 N–H and O–H groups in total. The second kappa shape index (κ2) is 7.15. The van der Waals surface area contributed by atoms with Gasteiger partial charge < -0.3 is 10.5 Å². The highest BCUT2D eigenvalue weighted by Crippen LogP contribution is 2.17. The first-order chi connectivity index (χ1) is 9.66. The van der Waals surface area contributed by atoms with Crippen LogP contribution in [0.4, 0.5) is 8.78 Å². The summed E-state index contributed by atoms with van der Waals surface area (Å²) in [6.45, 7) is 2.53. The summed E-state index contributed by atoms with van der Waals surface area (Å²) in [4.78, 5) is -0.104. The number of sulfonamides is 1. The van der Waals surface area contributed by atoms with Gasteiger partial charge in [0.1, 0.15) is 5.75 Å². The quantitative estimate of drug-likeness (QED) is 0.761. The zero-order valence-electron chi connectivity index (χ0n) is 12.0. The van der Waals surface area contributed by atoms with Crippen molar-refractivity contribution < 1.29 is 21.9 Å². The summed E-state index contributed by atoms with van der Waals surface area (Å²) in [6.07, 6.45) is 0. The van der Waals surface area contributed by atoms with Gasteiger partial charge in [0.05, 0.1) is 24.6 Å². The minimum Gasteiger partial charge on any atom is -0.493 e. The molecule has 0 saturated carbocycles. The standard InChI is InChI=1S/C13H20F2N2O3S/c1-10(2)7-20-11-3-5-12(6-4-11)21(18,19)17-9-13(14,15)8-16/h3-6,10,17H,7-9,16H2,1-2H3. The Balaban J connectivity index is 2.71. The van der Waals surface area contributed by atoms with Gasteiger partial charge in [-0.3, -0.25) is 0 Å². The van der Waals surface area contributed by atoms with Crippen molar-refractivity contribution in [2.24, 2.45) is 11.7 Å². The number of nitrogens with two attached hydrogens (primary N) is 1. The van der Waals surface area contributed by atoms with Crippen LogP contribution in [0.1, 0.15) is 13.8 Å². The van der Waals surface area contributed by atoms with Crippen LogP contribution in [0.15, 0.2) is 29.2 Å². The third-order valence-electron chi connectivity index (χ3n) is 2.54. The lowest BCUT2D eigenvalue weighted by Gasteiger charge is -2.15. The molecular weight excluding hydrogens is 302 g/mol. The van der Waals surface area contributed by atoms with Gasteiger partial charge in [-0.25, -0.2) is 21.9 Å². The summed E-state index contributed by atoms with van der Waals surface area (Å²) >= 11 is 0. The van der Waals surface area contributed by atoms with Crippen molar-refractivity contribution in [1.29, 1.82) is 0 Å². The summed E-state index contributed by atoms with van der Waals surface area (Å²) in [7, 11) is -3.99. The van der Waals surface area contributed by atoms with Crippen molar-refractivity contribution in [3.8, 4) is 5.75 Å². The van der Waals surface area contributed by atoms with E-state index in [1.165, 1.54) is 24.3 Å². The molecule has 0 aliphatic carbocycles. The average molecular weight is 322 g/mol. The van der Waals surface area contributed by atoms with E-state index in [4.69, 9.17) is 10.5 Å². The van der Waals surface area contributed by atoms with Crippen molar-refractivity contribution >= 4 is 10.0 Å². The summed E-state index contributed by atoms with van der Waals surface area (Å²) in [5, 5.41) is 0. The molecule has 0 aliphatic rings. The van der Waals surface area contributed by atoms with E-state index < -0.39 is 29.0 Å². The molecule has 0 bridgehead atoms. The highest BCUT2D eigenvalue weighted by atomic mass is 32.2. The predicted octanol–water partition coefficient (Wildman–Crippen LogP) is 1.59. The van der Waals surface area contributed by atoms with E-state index in [0.717, 1.165) is 0 Å². The second-order valence-electron chi connectivity index (χ2n) is 5.06. The van der Waals surface area contributed by atoms with Gasteiger partial charge in [-0.2, -0.15) is 0 Å². The molecule has 1 aromatic rings. The fraction of sp³-hybridized carbons (Fsp3) is 0.538. The number of alkyl halides is 2. The summed E-state index contributed by atoms with van der Waals surface area (Å²) < 4.78 is 56.9. The van der Waals surface area contributed by atoms with E-state index in [-0.39, 0.29) is 4.90 Å². The summed E-state index contributed by atoms with van der Waals surface area (Å²) in [5.74, 6) is -2.41. The first-order valence-electron chi connectivity index (χ1n) is 6.47. The molecule has 5 nitrogen and oxygen atoms in total. The molecule has 0 spiro atoms. The Kier molecular flexibility index (Phi) is 6.06. The molecule has 0 saturated heterocycles. The van der Waals surface area contributed by atoms with Crippen LogP contribution in [-0.2, 0) is 10.0 Å². The van der Waals surface area contributed by atoms with E-state index in [9.17, 15) is 17.2 Å². The molecule has 0 unspecified atom stereocenters. The Labute approximate surface area is 123 Å². The number of benzene rings is 1. The number of hydrogen-bond acceptors (Lipinski definition) is 4. The lowest BCUT2D eigenvalue weighted by Crippen LogP contribution is -2.41. The second-order valence-corrected chi connectivity index (χ2v) is 6.83. The Morgan fingerprint density at radius 1 is 1.29 bits per heavy atom. The first-order valence-corrected chi connectivity index (χ1v) is 7.95. The van der Waals surface area contributed by atoms with Crippen LogP contribution in [0.2, 0.25) is 0 Å². The Bertz CT molecular complexity index is 545. The third-order valence-corrected chi connectivity index (χ3v) is 3.95.